The molecule has 1 heterocycles. The first-order valence-electron chi connectivity index (χ1n) is 6.74. The molecule has 1 amide bonds. The summed E-state index contributed by atoms with van der Waals surface area (Å²) in [4.78, 5) is 20.3. The second-order valence-electron chi connectivity index (χ2n) is 4.37. The van der Waals surface area contributed by atoms with E-state index < -0.39 is 0 Å². The van der Waals surface area contributed by atoms with Crippen LogP contribution in [0.2, 0.25) is 0 Å². The maximum Gasteiger partial charge on any atom is 0.258 e. The Balaban J connectivity index is 2.00. The van der Waals surface area contributed by atoms with Crippen molar-refractivity contribution in [3.63, 3.8) is 0 Å². The lowest BCUT2D eigenvalue weighted by Gasteiger charge is -2.09. The molecule has 0 aliphatic heterocycles. The fourth-order valence-corrected chi connectivity index (χ4v) is 1.74. The van der Waals surface area contributed by atoms with Gasteiger partial charge in [-0.05, 0) is 12.1 Å². The number of hydrogen-bond donors (Lipinski definition) is 2. The first-order valence-corrected chi connectivity index (χ1v) is 6.74. The predicted molar refractivity (Wildman–Crippen MR) is 83.3 cm³/mol. The van der Waals surface area contributed by atoms with E-state index in [1.165, 1.54) is 12.4 Å². The van der Waals surface area contributed by atoms with Gasteiger partial charge in [0.05, 0.1) is 25.0 Å². The summed E-state index contributed by atoms with van der Waals surface area (Å²) in [5.41, 5.74) is 0.959. The molecule has 0 unspecified atom stereocenters. The number of anilines is 2. The number of carbonyl (C=O) groups excluding carboxylic acids is 1. The number of ether oxygens (including phenoxy) is 2. The van der Waals surface area contributed by atoms with Crippen molar-refractivity contribution in [2.24, 2.45) is 0 Å². The Morgan fingerprint density at radius 2 is 1.91 bits per heavy atom. The Labute approximate surface area is 128 Å². The smallest absolute Gasteiger partial charge is 0.258 e. The van der Waals surface area contributed by atoms with Gasteiger partial charge in [-0.3, -0.25) is 4.79 Å². The Hall–Kier alpha value is -2.67. The Bertz CT molecular complexity index is 616. The van der Waals surface area contributed by atoms with E-state index in [2.05, 4.69) is 20.6 Å². The molecule has 0 saturated heterocycles. The minimum absolute atomic E-state index is 0.298. The lowest BCUT2D eigenvalue weighted by Crippen LogP contribution is -2.15. The first-order chi connectivity index (χ1) is 10.7. The van der Waals surface area contributed by atoms with Crippen molar-refractivity contribution in [1.29, 1.82) is 0 Å². The van der Waals surface area contributed by atoms with Crippen LogP contribution in [0.15, 0.2) is 36.7 Å². The molecule has 22 heavy (non-hydrogen) atoms. The number of hydrogen-bond acceptors (Lipinski definition) is 6. The van der Waals surface area contributed by atoms with Gasteiger partial charge in [0.1, 0.15) is 5.75 Å². The molecule has 0 saturated carbocycles. The van der Waals surface area contributed by atoms with Gasteiger partial charge in [-0.2, -0.15) is 0 Å². The van der Waals surface area contributed by atoms with Crippen LogP contribution in [0.4, 0.5) is 11.6 Å². The summed E-state index contributed by atoms with van der Waals surface area (Å²) in [6, 6.07) is 7.18. The highest BCUT2D eigenvalue weighted by Gasteiger charge is 2.10. The van der Waals surface area contributed by atoms with Gasteiger partial charge in [0.25, 0.3) is 5.91 Å². The van der Waals surface area contributed by atoms with Crippen LogP contribution in [0.5, 0.6) is 5.75 Å². The third kappa shape index (κ3) is 4.16. The van der Waals surface area contributed by atoms with Gasteiger partial charge in [0.15, 0.2) is 0 Å². The van der Waals surface area contributed by atoms with Crippen molar-refractivity contribution in [2.75, 3.05) is 38.0 Å². The van der Waals surface area contributed by atoms with Crippen molar-refractivity contribution in [3.05, 3.63) is 42.2 Å². The van der Waals surface area contributed by atoms with Gasteiger partial charge < -0.3 is 20.1 Å². The van der Waals surface area contributed by atoms with E-state index in [-0.39, 0.29) is 5.91 Å². The summed E-state index contributed by atoms with van der Waals surface area (Å²) in [6.45, 7) is 1.16. The largest absolute Gasteiger partial charge is 0.495 e. The molecule has 2 N–H and O–H groups in total. The van der Waals surface area contributed by atoms with Crippen molar-refractivity contribution in [2.45, 2.75) is 0 Å². The second kappa shape index (κ2) is 7.94. The number of aromatic nitrogens is 2. The van der Waals surface area contributed by atoms with Crippen LogP contribution in [0.25, 0.3) is 0 Å². The number of amides is 1. The molecule has 0 fully saturated rings. The summed E-state index contributed by atoms with van der Waals surface area (Å²) < 4.78 is 10.1. The van der Waals surface area contributed by atoms with Crippen molar-refractivity contribution < 1.29 is 14.3 Å². The fraction of sp³-hybridized carbons (Fsp3) is 0.267. The Morgan fingerprint density at radius 3 is 2.59 bits per heavy atom. The van der Waals surface area contributed by atoms with Gasteiger partial charge in [-0.1, -0.05) is 12.1 Å². The topological polar surface area (TPSA) is 85.4 Å². The molecule has 116 valence electrons. The Kier molecular flexibility index (Phi) is 5.67. The maximum absolute atomic E-state index is 12.2. The summed E-state index contributed by atoms with van der Waals surface area (Å²) in [6.07, 6.45) is 2.93. The summed E-state index contributed by atoms with van der Waals surface area (Å²) in [7, 11) is 3.17. The predicted octanol–water partition coefficient (Wildman–Crippen LogP) is 1.80. The van der Waals surface area contributed by atoms with Crippen LogP contribution in [-0.2, 0) is 4.74 Å². The number of carbonyl (C=O) groups is 1. The summed E-state index contributed by atoms with van der Waals surface area (Å²) in [5.74, 6) is 0.744. The number of benzene rings is 1. The van der Waals surface area contributed by atoms with E-state index in [1.807, 2.05) is 12.1 Å². The minimum atomic E-state index is -0.298. The molecule has 0 aliphatic rings. The molecule has 7 nitrogen and oxygen atoms in total. The average Bonchev–Trinajstić information content (AvgIpc) is 2.56. The minimum Gasteiger partial charge on any atom is -0.495 e. The number of nitrogens with one attached hydrogen (secondary N) is 2. The normalized spacial score (nSPS) is 10.1. The van der Waals surface area contributed by atoms with E-state index in [4.69, 9.17) is 9.47 Å². The molecule has 0 atom stereocenters. The molecule has 2 aromatic rings. The van der Waals surface area contributed by atoms with E-state index in [1.54, 1.807) is 26.4 Å². The number of para-hydroxylation sites is 2. The molecule has 2 rings (SSSR count). The lowest BCUT2D eigenvalue weighted by molar-refractivity contribution is 0.102. The highest BCUT2D eigenvalue weighted by Crippen LogP contribution is 2.23. The van der Waals surface area contributed by atoms with Crippen LogP contribution in [0.3, 0.4) is 0 Å². The van der Waals surface area contributed by atoms with Crippen molar-refractivity contribution in [3.8, 4) is 5.75 Å². The molecule has 0 aliphatic carbocycles. The van der Waals surface area contributed by atoms with E-state index in [9.17, 15) is 4.79 Å². The lowest BCUT2D eigenvalue weighted by atomic mass is 10.2. The Morgan fingerprint density at radius 1 is 1.18 bits per heavy atom. The van der Waals surface area contributed by atoms with Gasteiger partial charge in [0, 0.05) is 26.0 Å². The van der Waals surface area contributed by atoms with Crippen LogP contribution in [-0.4, -0.2) is 43.2 Å². The quantitative estimate of drug-likeness (QED) is 0.759. The van der Waals surface area contributed by atoms with Gasteiger partial charge in [0.2, 0.25) is 5.95 Å². The van der Waals surface area contributed by atoms with E-state index >= 15 is 0 Å². The van der Waals surface area contributed by atoms with Gasteiger partial charge >= 0.3 is 0 Å². The van der Waals surface area contributed by atoms with Gasteiger partial charge in [-0.25, -0.2) is 9.97 Å². The van der Waals surface area contributed by atoms with Crippen LogP contribution < -0.4 is 15.4 Å². The zero-order chi connectivity index (χ0) is 15.8. The molecule has 1 aromatic carbocycles. The van der Waals surface area contributed by atoms with Crippen molar-refractivity contribution in [1.82, 2.24) is 9.97 Å². The van der Waals surface area contributed by atoms with E-state index in [0.29, 0.717) is 36.1 Å². The summed E-state index contributed by atoms with van der Waals surface area (Å²) in [5, 5.41) is 5.75. The van der Waals surface area contributed by atoms with Crippen LogP contribution in [0.1, 0.15) is 10.4 Å². The zero-order valence-corrected chi connectivity index (χ0v) is 12.5. The summed E-state index contributed by atoms with van der Waals surface area (Å²) >= 11 is 0. The van der Waals surface area contributed by atoms with E-state index in [0.717, 1.165) is 0 Å². The molecule has 0 spiro atoms. The molecular weight excluding hydrogens is 284 g/mol. The average molecular weight is 302 g/mol. The second-order valence-corrected chi connectivity index (χ2v) is 4.37. The number of methoxy groups -OCH3 is 2. The van der Waals surface area contributed by atoms with Gasteiger partial charge in [-0.15, -0.1) is 0 Å². The van der Waals surface area contributed by atoms with Crippen LogP contribution in [0, 0.1) is 0 Å². The molecule has 1 aromatic heterocycles. The molecule has 7 heteroatoms. The van der Waals surface area contributed by atoms with Crippen LogP contribution >= 0.6 is 0 Å². The first kappa shape index (κ1) is 15.7. The fourth-order valence-electron chi connectivity index (χ4n) is 1.74. The third-order valence-corrected chi connectivity index (χ3v) is 2.86. The standard InChI is InChI=1S/C15H18N4O3/c1-21-8-7-16-15-17-9-11(10-18-15)14(20)19-12-5-3-4-6-13(12)22-2/h3-6,9-10H,7-8H2,1-2H3,(H,19,20)(H,16,17,18). The maximum atomic E-state index is 12.2. The monoisotopic (exact) mass is 302 g/mol. The SMILES string of the molecule is COCCNc1ncc(C(=O)Nc2ccccc2OC)cn1. The molecule has 0 radical (unpaired) electrons. The number of nitrogens with zero attached hydrogens (tertiary/aromatic N) is 2. The molecular formula is C15H18N4O3. The number of rotatable bonds is 7. The molecule has 0 bridgehead atoms. The zero-order valence-electron chi connectivity index (χ0n) is 12.5. The highest BCUT2D eigenvalue weighted by atomic mass is 16.5. The highest BCUT2D eigenvalue weighted by molar-refractivity contribution is 6.04. The van der Waals surface area contributed by atoms with Crippen molar-refractivity contribution >= 4 is 17.5 Å². The third-order valence-electron chi connectivity index (χ3n) is 2.86.